The zero-order valence-corrected chi connectivity index (χ0v) is 11.8. The molecule has 1 unspecified atom stereocenters. The predicted octanol–water partition coefficient (Wildman–Crippen LogP) is 3.49. The standard InChI is InChI=1S/C15H22FNS/c1-18-8-7-13(11-17-15-5-6-15)9-12-3-2-4-14(16)10-12/h2-4,10,13,15,17H,5-9,11H2,1H3. The van der Waals surface area contributed by atoms with Crippen LogP contribution in [0.4, 0.5) is 4.39 Å². The van der Waals surface area contributed by atoms with E-state index in [0.29, 0.717) is 5.92 Å². The fourth-order valence-corrected chi connectivity index (χ4v) is 2.75. The summed E-state index contributed by atoms with van der Waals surface area (Å²) in [5, 5.41) is 3.60. The normalized spacial score (nSPS) is 16.8. The Morgan fingerprint density at radius 1 is 1.44 bits per heavy atom. The van der Waals surface area contributed by atoms with Gasteiger partial charge in [-0.2, -0.15) is 11.8 Å². The van der Waals surface area contributed by atoms with Crippen LogP contribution in [-0.4, -0.2) is 24.6 Å². The number of rotatable bonds is 8. The summed E-state index contributed by atoms with van der Waals surface area (Å²) < 4.78 is 13.2. The first kappa shape index (κ1) is 13.9. The van der Waals surface area contributed by atoms with E-state index in [4.69, 9.17) is 0 Å². The average molecular weight is 267 g/mol. The molecule has 2 rings (SSSR count). The van der Waals surface area contributed by atoms with Crippen molar-refractivity contribution in [2.75, 3.05) is 18.6 Å². The van der Waals surface area contributed by atoms with Crippen LogP contribution in [0.5, 0.6) is 0 Å². The molecule has 100 valence electrons. The summed E-state index contributed by atoms with van der Waals surface area (Å²) >= 11 is 1.89. The predicted molar refractivity (Wildman–Crippen MR) is 77.6 cm³/mol. The minimum absolute atomic E-state index is 0.119. The molecule has 1 fully saturated rings. The molecule has 0 aromatic heterocycles. The van der Waals surface area contributed by atoms with Crippen molar-refractivity contribution in [2.45, 2.75) is 31.7 Å². The molecule has 0 aliphatic heterocycles. The molecule has 1 nitrogen and oxygen atoms in total. The van der Waals surface area contributed by atoms with E-state index in [-0.39, 0.29) is 5.82 Å². The van der Waals surface area contributed by atoms with Crippen LogP contribution in [0.15, 0.2) is 24.3 Å². The van der Waals surface area contributed by atoms with Crippen molar-refractivity contribution in [3.63, 3.8) is 0 Å². The topological polar surface area (TPSA) is 12.0 Å². The summed E-state index contributed by atoms with van der Waals surface area (Å²) in [6, 6.07) is 7.79. The monoisotopic (exact) mass is 267 g/mol. The number of hydrogen-bond donors (Lipinski definition) is 1. The van der Waals surface area contributed by atoms with Crippen molar-refractivity contribution in [3.05, 3.63) is 35.6 Å². The molecule has 0 bridgehead atoms. The highest BCUT2D eigenvalue weighted by Crippen LogP contribution is 2.21. The summed E-state index contributed by atoms with van der Waals surface area (Å²) in [6.45, 7) is 1.07. The van der Waals surface area contributed by atoms with Crippen LogP contribution < -0.4 is 5.32 Å². The van der Waals surface area contributed by atoms with Gasteiger partial charge in [-0.1, -0.05) is 12.1 Å². The lowest BCUT2D eigenvalue weighted by atomic mass is 9.96. The van der Waals surface area contributed by atoms with Crippen molar-refractivity contribution >= 4 is 11.8 Å². The lowest BCUT2D eigenvalue weighted by Crippen LogP contribution is -2.26. The van der Waals surface area contributed by atoms with E-state index in [1.54, 1.807) is 6.07 Å². The lowest BCUT2D eigenvalue weighted by Gasteiger charge is -2.17. The number of hydrogen-bond acceptors (Lipinski definition) is 2. The Kier molecular flexibility index (Phi) is 5.51. The summed E-state index contributed by atoms with van der Waals surface area (Å²) in [5.74, 6) is 1.69. The maximum absolute atomic E-state index is 13.2. The first-order valence-electron chi connectivity index (χ1n) is 6.74. The maximum atomic E-state index is 13.2. The van der Waals surface area contributed by atoms with Crippen molar-refractivity contribution in [1.29, 1.82) is 0 Å². The van der Waals surface area contributed by atoms with E-state index in [2.05, 4.69) is 11.6 Å². The second kappa shape index (κ2) is 7.15. The van der Waals surface area contributed by atoms with E-state index < -0.39 is 0 Å². The highest BCUT2D eigenvalue weighted by molar-refractivity contribution is 7.98. The largest absolute Gasteiger partial charge is 0.314 e. The molecule has 3 heteroatoms. The number of thioether (sulfide) groups is 1. The van der Waals surface area contributed by atoms with Crippen molar-refractivity contribution in [2.24, 2.45) is 5.92 Å². The first-order chi connectivity index (χ1) is 8.78. The van der Waals surface area contributed by atoms with Crippen LogP contribution in [0.3, 0.4) is 0 Å². The van der Waals surface area contributed by atoms with Gasteiger partial charge in [0, 0.05) is 6.04 Å². The second-order valence-electron chi connectivity index (χ2n) is 5.16. The molecule has 0 spiro atoms. The van der Waals surface area contributed by atoms with E-state index in [1.165, 1.54) is 31.1 Å². The van der Waals surface area contributed by atoms with Gasteiger partial charge in [0.1, 0.15) is 5.82 Å². The third-order valence-electron chi connectivity index (χ3n) is 3.42. The summed E-state index contributed by atoms with van der Waals surface area (Å²) in [6.07, 6.45) is 6.99. The fraction of sp³-hybridized carbons (Fsp3) is 0.600. The van der Waals surface area contributed by atoms with E-state index in [1.807, 2.05) is 23.9 Å². The van der Waals surface area contributed by atoms with Gasteiger partial charge >= 0.3 is 0 Å². The van der Waals surface area contributed by atoms with Crippen LogP contribution in [0, 0.1) is 11.7 Å². The van der Waals surface area contributed by atoms with E-state index in [9.17, 15) is 4.39 Å². The van der Waals surface area contributed by atoms with Gasteiger partial charge in [0.25, 0.3) is 0 Å². The first-order valence-corrected chi connectivity index (χ1v) is 8.14. The fourth-order valence-electron chi connectivity index (χ4n) is 2.18. The van der Waals surface area contributed by atoms with Crippen LogP contribution in [0.25, 0.3) is 0 Å². The molecule has 0 heterocycles. The molecule has 1 aliphatic carbocycles. The van der Waals surface area contributed by atoms with Gasteiger partial charge in [0.15, 0.2) is 0 Å². The smallest absolute Gasteiger partial charge is 0.123 e. The van der Waals surface area contributed by atoms with Gasteiger partial charge in [0.2, 0.25) is 0 Å². The summed E-state index contributed by atoms with van der Waals surface area (Å²) in [7, 11) is 0. The van der Waals surface area contributed by atoms with Gasteiger partial charge in [-0.3, -0.25) is 0 Å². The minimum Gasteiger partial charge on any atom is -0.314 e. The zero-order chi connectivity index (χ0) is 12.8. The van der Waals surface area contributed by atoms with Gasteiger partial charge in [-0.05, 0) is 67.9 Å². The van der Waals surface area contributed by atoms with Crippen molar-refractivity contribution in [1.82, 2.24) is 5.32 Å². The van der Waals surface area contributed by atoms with Crippen LogP contribution in [0.2, 0.25) is 0 Å². The Morgan fingerprint density at radius 3 is 2.94 bits per heavy atom. The van der Waals surface area contributed by atoms with Crippen molar-refractivity contribution in [3.8, 4) is 0 Å². The van der Waals surface area contributed by atoms with Gasteiger partial charge in [-0.15, -0.1) is 0 Å². The molecule has 0 radical (unpaired) electrons. The highest BCUT2D eigenvalue weighted by atomic mass is 32.2. The maximum Gasteiger partial charge on any atom is 0.123 e. The third kappa shape index (κ3) is 4.99. The highest BCUT2D eigenvalue weighted by Gasteiger charge is 2.21. The molecule has 1 aromatic carbocycles. The molecule has 18 heavy (non-hydrogen) atoms. The van der Waals surface area contributed by atoms with Gasteiger partial charge in [0.05, 0.1) is 0 Å². The average Bonchev–Trinajstić information content (AvgIpc) is 3.17. The Morgan fingerprint density at radius 2 is 2.28 bits per heavy atom. The van der Waals surface area contributed by atoms with Gasteiger partial charge in [-0.25, -0.2) is 4.39 Å². The molecular formula is C15H22FNS. The summed E-state index contributed by atoms with van der Waals surface area (Å²) in [4.78, 5) is 0. The SMILES string of the molecule is CSCCC(CNC1CC1)Cc1cccc(F)c1. The van der Waals surface area contributed by atoms with E-state index in [0.717, 1.165) is 24.6 Å². The molecule has 1 aromatic rings. The van der Waals surface area contributed by atoms with Crippen LogP contribution in [0.1, 0.15) is 24.8 Å². The van der Waals surface area contributed by atoms with Gasteiger partial charge < -0.3 is 5.32 Å². The molecule has 1 aliphatic rings. The zero-order valence-electron chi connectivity index (χ0n) is 11.0. The molecule has 0 amide bonds. The quantitative estimate of drug-likeness (QED) is 0.774. The molecule has 0 saturated heterocycles. The summed E-state index contributed by atoms with van der Waals surface area (Å²) in [5.41, 5.74) is 1.12. The molecular weight excluding hydrogens is 245 g/mol. The molecule has 1 atom stereocenters. The number of benzene rings is 1. The Labute approximate surface area is 114 Å². The Bertz CT molecular complexity index is 365. The number of nitrogens with one attached hydrogen (secondary N) is 1. The third-order valence-corrected chi connectivity index (χ3v) is 4.06. The van der Waals surface area contributed by atoms with Crippen LogP contribution in [-0.2, 0) is 6.42 Å². The number of halogens is 1. The van der Waals surface area contributed by atoms with Crippen molar-refractivity contribution < 1.29 is 4.39 Å². The Hall–Kier alpha value is -0.540. The second-order valence-corrected chi connectivity index (χ2v) is 6.15. The molecule has 1 saturated carbocycles. The lowest BCUT2D eigenvalue weighted by molar-refractivity contribution is 0.460. The Balaban J connectivity index is 1.85. The molecule has 1 N–H and O–H groups in total. The minimum atomic E-state index is -0.119. The van der Waals surface area contributed by atoms with Crippen LogP contribution >= 0.6 is 11.8 Å². The van der Waals surface area contributed by atoms with E-state index >= 15 is 0 Å².